The Morgan fingerprint density at radius 2 is 1.33 bits per heavy atom. The monoisotopic (exact) mass is 142 g/mol. The van der Waals surface area contributed by atoms with E-state index in [1.807, 2.05) is 0 Å². The van der Waals surface area contributed by atoms with E-state index < -0.39 is 12.4 Å². The van der Waals surface area contributed by atoms with Crippen molar-refractivity contribution < 1.29 is 33.2 Å². The highest BCUT2D eigenvalue weighted by molar-refractivity contribution is 5.58. The molecule has 0 unspecified atom stereocenters. The zero-order chi connectivity index (χ0) is 7.28. The molecule has 7 heteroatoms. The molecule has 0 aromatic heterocycles. The highest BCUT2D eigenvalue weighted by Crippen LogP contribution is 1.88. The molecule has 0 fully saturated rings. The van der Waals surface area contributed by atoms with E-state index in [4.69, 9.17) is 9.59 Å². The van der Waals surface area contributed by atoms with E-state index >= 15 is 0 Å². The van der Waals surface area contributed by atoms with Crippen LogP contribution in [0.4, 0.5) is 18.4 Å². The van der Waals surface area contributed by atoms with Gasteiger partial charge in [0.1, 0.15) is 0 Å². The molecule has 0 rings (SSSR count). The van der Waals surface area contributed by atoms with Crippen LogP contribution in [-0.2, 0) is 14.8 Å². The quantitative estimate of drug-likeness (QED) is 0.327. The summed E-state index contributed by atoms with van der Waals surface area (Å²) in [5.41, 5.74) is 0. The van der Waals surface area contributed by atoms with Gasteiger partial charge in [0.25, 0.3) is 0 Å². The Kier molecular flexibility index (Phi) is 3.21. The first-order chi connectivity index (χ1) is 4.13. The lowest BCUT2D eigenvalue weighted by Gasteiger charge is -1.89. The van der Waals surface area contributed by atoms with Gasteiger partial charge in [-0.25, -0.2) is 19.4 Å². The van der Waals surface area contributed by atoms with Gasteiger partial charge in [-0.2, -0.15) is 0 Å². The van der Waals surface area contributed by atoms with Crippen LogP contribution in [-0.4, -0.2) is 12.4 Å². The van der Waals surface area contributed by atoms with Crippen molar-refractivity contribution in [1.82, 2.24) is 0 Å². The minimum absolute atomic E-state index is 2.35. The van der Waals surface area contributed by atoms with Crippen LogP contribution >= 0.6 is 0 Å². The second-order valence-electron chi connectivity index (χ2n) is 0.710. The largest absolute Gasteiger partial charge is 0.530 e. The lowest BCUT2D eigenvalue weighted by molar-refractivity contribution is -0.452. The maximum atomic E-state index is 10.9. The fourth-order valence-electron chi connectivity index (χ4n) is 0.0705. The highest BCUT2D eigenvalue weighted by atomic mass is 19.2. The van der Waals surface area contributed by atoms with Crippen LogP contribution in [0, 0.1) is 0 Å². The molecule has 0 radical (unpaired) electrons. The fourth-order valence-corrected chi connectivity index (χ4v) is 0.0705. The molecular weight excluding hydrogens is 142 g/mol. The lowest BCUT2D eigenvalue weighted by atomic mass is 11.5. The Bertz CT molecular complexity index is 108. The van der Waals surface area contributed by atoms with Crippen LogP contribution in [0.15, 0.2) is 0 Å². The van der Waals surface area contributed by atoms with Crippen molar-refractivity contribution in [2.24, 2.45) is 0 Å². The first-order valence-electron chi connectivity index (χ1n) is 1.53. The molecule has 0 spiro atoms. The maximum Gasteiger partial charge on any atom is 0.530 e. The number of halogens is 2. The number of rotatable bonds is 2. The third-order valence-corrected chi connectivity index (χ3v) is 0.199. The molecule has 52 valence electrons. The summed E-state index contributed by atoms with van der Waals surface area (Å²) < 4.78 is 21.7. The van der Waals surface area contributed by atoms with Gasteiger partial charge in [0.2, 0.25) is 0 Å². The summed E-state index contributed by atoms with van der Waals surface area (Å²) in [7, 11) is 0. The van der Waals surface area contributed by atoms with Gasteiger partial charge in [-0.1, -0.05) is 0 Å². The van der Waals surface area contributed by atoms with E-state index in [9.17, 15) is 8.78 Å². The molecule has 0 heterocycles. The summed E-state index contributed by atoms with van der Waals surface area (Å²) in [6.45, 7) is 0. The Balaban J connectivity index is 3.10. The molecule has 0 aliphatic rings. The standard InChI is InChI=1S/C2F2O5/c3-1(5)7-9-8-2(4)6. The van der Waals surface area contributed by atoms with Crippen molar-refractivity contribution in [2.75, 3.05) is 0 Å². The van der Waals surface area contributed by atoms with Gasteiger partial charge in [0, 0.05) is 0 Å². The molecule has 0 aromatic carbocycles. The predicted octanol–water partition coefficient (Wildman–Crippen LogP) is 1.05. The minimum Gasteiger partial charge on any atom is -0.225 e. The summed E-state index contributed by atoms with van der Waals surface area (Å²) >= 11 is 0. The van der Waals surface area contributed by atoms with E-state index in [2.05, 4.69) is 14.8 Å². The minimum atomic E-state index is -2.35. The molecule has 5 nitrogen and oxygen atoms in total. The average Bonchev–Trinajstić information content (AvgIpc) is 1.63. The molecule has 0 aromatic rings. The molecule has 0 saturated heterocycles. The first kappa shape index (κ1) is 7.76. The molecule has 0 aliphatic heterocycles. The molecular formula is C2F2O5. The zero-order valence-corrected chi connectivity index (χ0v) is 3.80. The van der Waals surface area contributed by atoms with Crippen molar-refractivity contribution in [2.45, 2.75) is 0 Å². The van der Waals surface area contributed by atoms with Crippen molar-refractivity contribution in [3.63, 3.8) is 0 Å². The SMILES string of the molecule is O=C(F)OOOC(=O)F. The van der Waals surface area contributed by atoms with Crippen LogP contribution < -0.4 is 0 Å². The second kappa shape index (κ2) is 3.72. The second-order valence-corrected chi connectivity index (χ2v) is 0.710. The van der Waals surface area contributed by atoms with Gasteiger partial charge < -0.3 is 0 Å². The van der Waals surface area contributed by atoms with Crippen molar-refractivity contribution in [3.8, 4) is 0 Å². The van der Waals surface area contributed by atoms with Crippen LogP contribution in [0.2, 0.25) is 0 Å². The molecule has 0 N–H and O–H groups in total. The predicted molar refractivity (Wildman–Crippen MR) is 16.3 cm³/mol. The third-order valence-electron chi connectivity index (χ3n) is 0.199. The average molecular weight is 142 g/mol. The zero-order valence-electron chi connectivity index (χ0n) is 3.80. The fraction of sp³-hybridized carbons (Fsp3) is 0. The number of carbonyl (C=O) groups excluding carboxylic acids is 2. The van der Waals surface area contributed by atoms with Crippen molar-refractivity contribution in [3.05, 3.63) is 0 Å². The Morgan fingerprint density at radius 3 is 1.56 bits per heavy atom. The first-order valence-corrected chi connectivity index (χ1v) is 1.53. The van der Waals surface area contributed by atoms with E-state index in [0.717, 1.165) is 0 Å². The molecule has 0 saturated carbocycles. The van der Waals surface area contributed by atoms with Crippen LogP contribution in [0.25, 0.3) is 0 Å². The summed E-state index contributed by atoms with van der Waals surface area (Å²) in [5, 5.41) is 2.91. The van der Waals surface area contributed by atoms with Gasteiger partial charge in [0.05, 0.1) is 5.04 Å². The molecule has 9 heavy (non-hydrogen) atoms. The van der Waals surface area contributed by atoms with E-state index in [-0.39, 0.29) is 0 Å². The highest BCUT2D eigenvalue weighted by Gasteiger charge is 2.03. The number of hydrogen-bond acceptors (Lipinski definition) is 5. The van der Waals surface area contributed by atoms with Crippen LogP contribution in [0.3, 0.4) is 0 Å². The topological polar surface area (TPSA) is 61.8 Å². The summed E-state index contributed by atoms with van der Waals surface area (Å²) in [5.74, 6) is 0. The number of hydrogen-bond donors (Lipinski definition) is 0. The third kappa shape index (κ3) is 6.76. The smallest absolute Gasteiger partial charge is 0.225 e. The van der Waals surface area contributed by atoms with Crippen molar-refractivity contribution in [1.29, 1.82) is 0 Å². The van der Waals surface area contributed by atoms with Crippen LogP contribution in [0.1, 0.15) is 0 Å². The Hall–Kier alpha value is -1.24. The van der Waals surface area contributed by atoms with Gasteiger partial charge in [-0.05, 0) is 0 Å². The van der Waals surface area contributed by atoms with Gasteiger partial charge in [0.15, 0.2) is 0 Å². The van der Waals surface area contributed by atoms with E-state index in [1.54, 1.807) is 0 Å². The molecule has 0 bridgehead atoms. The molecule has 0 aliphatic carbocycles. The van der Waals surface area contributed by atoms with Crippen molar-refractivity contribution >= 4 is 12.4 Å². The summed E-state index contributed by atoms with van der Waals surface area (Å²) in [6.07, 6.45) is -4.70. The Labute approximate surface area is 47.0 Å². The Morgan fingerprint density at radius 1 is 1.00 bits per heavy atom. The summed E-state index contributed by atoms with van der Waals surface area (Å²) in [6, 6.07) is 0. The lowest BCUT2D eigenvalue weighted by Crippen LogP contribution is -2.00. The van der Waals surface area contributed by atoms with Gasteiger partial charge >= 0.3 is 12.4 Å². The summed E-state index contributed by atoms with van der Waals surface area (Å²) in [4.78, 5) is 23.9. The normalized spacial score (nSPS) is 8.22. The molecule has 0 atom stereocenters. The van der Waals surface area contributed by atoms with E-state index in [1.165, 1.54) is 0 Å². The van der Waals surface area contributed by atoms with Crippen LogP contribution in [0.5, 0.6) is 0 Å². The maximum absolute atomic E-state index is 10.9. The van der Waals surface area contributed by atoms with Gasteiger partial charge in [-0.15, -0.1) is 8.78 Å². The molecule has 0 amide bonds. The number of carbonyl (C=O) groups is 2. The van der Waals surface area contributed by atoms with Gasteiger partial charge in [-0.3, -0.25) is 0 Å². The van der Waals surface area contributed by atoms with E-state index in [0.29, 0.717) is 0 Å².